The summed E-state index contributed by atoms with van der Waals surface area (Å²) in [6.07, 6.45) is 0. The molecule has 0 radical (unpaired) electrons. The Morgan fingerprint density at radius 2 is 1.25 bits per heavy atom. The van der Waals surface area contributed by atoms with Crippen molar-refractivity contribution >= 4 is 32.3 Å². The van der Waals surface area contributed by atoms with Gasteiger partial charge in [-0.05, 0) is 61.0 Å². The molecule has 0 saturated carbocycles. The maximum atomic E-state index is 10.5. The summed E-state index contributed by atoms with van der Waals surface area (Å²) in [6, 6.07) is 34.6. The van der Waals surface area contributed by atoms with Gasteiger partial charge in [-0.25, -0.2) is 0 Å². The molecule has 0 fully saturated rings. The van der Waals surface area contributed by atoms with Crippen LogP contribution in [0.3, 0.4) is 0 Å². The predicted octanol–water partition coefficient (Wildman–Crippen LogP) is 7.80. The largest absolute Gasteiger partial charge is 0.492 e. The smallest absolute Gasteiger partial charge is 0.294 e. The molecule has 0 saturated heterocycles. The van der Waals surface area contributed by atoms with Gasteiger partial charge in [0.15, 0.2) is 0 Å². The Morgan fingerprint density at radius 3 is 1.75 bits per heavy atom. The second-order valence-electron chi connectivity index (χ2n) is 9.11. The van der Waals surface area contributed by atoms with Crippen molar-refractivity contribution in [1.82, 2.24) is 4.90 Å². The van der Waals surface area contributed by atoms with E-state index in [0.717, 1.165) is 58.2 Å². The lowest BCUT2D eigenvalue weighted by Crippen LogP contribution is -2.27. The lowest BCUT2D eigenvalue weighted by atomic mass is 9.95. The minimum Gasteiger partial charge on any atom is -0.492 e. The van der Waals surface area contributed by atoms with E-state index < -0.39 is 10.1 Å². The highest BCUT2D eigenvalue weighted by Crippen LogP contribution is 2.35. The molecule has 0 aliphatic carbocycles. The highest BCUT2D eigenvalue weighted by atomic mass is 35.5. The van der Waals surface area contributed by atoms with Crippen LogP contribution in [0.1, 0.15) is 36.1 Å². The van der Waals surface area contributed by atoms with Crippen LogP contribution in [0.4, 0.5) is 0 Å². The van der Waals surface area contributed by atoms with Crippen molar-refractivity contribution in [1.29, 1.82) is 0 Å². The lowest BCUT2D eigenvalue weighted by Gasteiger charge is -2.18. The van der Waals surface area contributed by atoms with Gasteiger partial charge in [0.1, 0.15) is 12.4 Å². The number of hydrogen-bond donors (Lipinski definition) is 1. The molecule has 0 unspecified atom stereocenters. The van der Waals surface area contributed by atoms with Crippen LogP contribution < -0.4 is 4.74 Å². The Bertz CT molecular complexity index is 1450. The minimum atomic E-state index is -4.02. The zero-order valence-corrected chi connectivity index (χ0v) is 24.7. The maximum Gasteiger partial charge on any atom is 0.294 e. The summed E-state index contributed by atoms with van der Waals surface area (Å²) in [6.45, 7) is 9.90. The predicted molar refractivity (Wildman–Crippen MR) is 165 cm³/mol. The van der Waals surface area contributed by atoms with Gasteiger partial charge in [0.25, 0.3) is 10.1 Å². The van der Waals surface area contributed by atoms with Crippen LogP contribution in [0.2, 0.25) is 0 Å². The van der Waals surface area contributed by atoms with E-state index in [0.29, 0.717) is 6.61 Å². The molecule has 4 aromatic rings. The molecular formula is C33H36ClNO4S. The maximum absolute atomic E-state index is 10.5. The summed E-state index contributed by atoms with van der Waals surface area (Å²) in [5.41, 5.74) is 5.15. The third-order valence-electron chi connectivity index (χ3n) is 6.34. The lowest BCUT2D eigenvalue weighted by molar-refractivity contribution is 0.223. The molecule has 0 amide bonds. The quantitative estimate of drug-likeness (QED) is 0.154. The molecule has 4 rings (SSSR count). The molecule has 0 bridgehead atoms. The average molecular weight is 578 g/mol. The Kier molecular flexibility index (Phi) is 12.0. The average Bonchev–Trinajstić information content (AvgIpc) is 2.97. The number of halogens is 1. The van der Waals surface area contributed by atoms with Gasteiger partial charge >= 0.3 is 0 Å². The van der Waals surface area contributed by atoms with Crippen molar-refractivity contribution in [3.63, 3.8) is 0 Å². The molecule has 0 heterocycles. The summed E-state index contributed by atoms with van der Waals surface area (Å²) in [5.74, 6) is 0.879. The number of benzene rings is 4. The normalized spacial score (nSPS) is 11.8. The van der Waals surface area contributed by atoms with Gasteiger partial charge in [-0.15, -0.1) is 0 Å². The van der Waals surface area contributed by atoms with Crippen LogP contribution in [-0.2, 0) is 10.1 Å². The van der Waals surface area contributed by atoms with E-state index in [1.54, 1.807) is 12.1 Å². The number of hydrogen-bond acceptors (Lipinski definition) is 4. The molecule has 0 spiro atoms. The summed E-state index contributed by atoms with van der Waals surface area (Å²) in [5, 5.41) is 0.743. The van der Waals surface area contributed by atoms with Gasteiger partial charge in [0.2, 0.25) is 0 Å². The van der Waals surface area contributed by atoms with E-state index >= 15 is 0 Å². The number of rotatable bonds is 10. The highest BCUT2D eigenvalue weighted by Gasteiger charge is 2.13. The van der Waals surface area contributed by atoms with Crippen molar-refractivity contribution in [2.45, 2.75) is 25.7 Å². The van der Waals surface area contributed by atoms with Gasteiger partial charge in [-0.3, -0.25) is 4.55 Å². The van der Waals surface area contributed by atoms with Crippen molar-refractivity contribution in [2.75, 3.05) is 26.2 Å². The molecule has 0 aliphatic rings. The summed E-state index contributed by atoms with van der Waals surface area (Å²) >= 11 is 6.87. The molecule has 1 N–H and O–H groups in total. The van der Waals surface area contributed by atoms with Crippen molar-refractivity contribution in [3.8, 4) is 5.75 Å². The second-order valence-corrected chi connectivity index (χ2v) is 10.9. The summed E-state index contributed by atoms with van der Waals surface area (Å²) in [7, 11) is -4.02. The van der Waals surface area contributed by atoms with Crippen molar-refractivity contribution in [2.24, 2.45) is 0 Å². The molecule has 0 aromatic heterocycles. The zero-order chi connectivity index (χ0) is 29.0. The molecule has 210 valence electrons. The second kappa shape index (κ2) is 15.4. The van der Waals surface area contributed by atoms with E-state index in [2.05, 4.69) is 43.0 Å². The van der Waals surface area contributed by atoms with Crippen LogP contribution in [0.15, 0.2) is 114 Å². The van der Waals surface area contributed by atoms with E-state index in [9.17, 15) is 8.42 Å². The van der Waals surface area contributed by atoms with Gasteiger partial charge < -0.3 is 9.64 Å². The van der Waals surface area contributed by atoms with Gasteiger partial charge in [-0.1, -0.05) is 116 Å². The molecular weight excluding hydrogens is 542 g/mol. The monoisotopic (exact) mass is 577 g/mol. The van der Waals surface area contributed by atoms with E-state index in [1.807, 2.05) is 67.6 Å². The zero-order valence-electron chi connectivity index (χ0n) is 23.1. The van der Waals surface area contributed by atoms with Crippen molar-refractivity contribution < 1.29 is 17.7 Å². The molecule has 7 heteroatoms. The standard InChI is InChI=1S/C26H28ClNO.C7H8O3S/c1-3-28(4-2)19-20-29-24-17-15-22(16-18-24)25(21-11-7-5-8-12-21)26(27)23-13-9-6-10-14-23;1-6-2-4-7(5-3-6)11(8,9)10/h5-18H,3-4,19-20H2,1-2H3;2-5H,1H3,(H,8,9,10)/b26-25-;. The number of likely N-dealkylation sites (N-methyl/N-ethyl adjacent to an activating group) is 1. The number of nitrogens with zero attached hydrogens (tertiary/aromatic N) is 1. The molecule has 4 aromatic carbocycles. The van der Waals surface area contributed by atoms with E-state index in [-0.39, 0.29) is 4.90 Å². The van der Waals surface area contributed by atoms with E-state index in [4.69, 9.17) is 20.9 Å². The molecule has 0 aliphatic heterocycles. The first kappa shape index (κ1) is 31.1. The van der Waals surface area contributed by atoms with Gasteiger partial charge in [-0.2, -0.15) is 8.42 Å². The fraction of sp³-hybridized carbons (Fsp3) is 0.212. The molecule has 5 nitrogen and oxygen atoms in total. The van der Waals surface area contributed by atoms with Crippen LogP contribution in [0.5, 0.6) is 5.75 Å². The third-order valence-corrected chi connectivity index (χ3v) is 7.62. The summed E-state index contributed by atoms with van der Waals surface area (Å²) in [4.78, 5) is 2.28. The number of aryl methyl sites for hydroxylation is 1. The Morgan fingerprint density at radius 1 is 0.750 bits per heavy atom. The fourth-order valence-corrected chi connectivity index (χ4v) is 4.84. The Hall–Kier alpha value is -3.42. The highest BCUT2D eigenvalue weighted by molar-refractivity contribution is 7.85. The van der Waals surface area contributed by atoms with Gasteiger partial charge in [0.05, 0.1) is 9.93 Å². The Labute approximate surface area is 243 Å². The fourth-order valence-electron chi connectivity index (χ4n) is 4.01. The van der Waals surface area contributed by atoms with Gasteiger partial charge in [0, 0.05) is 12.1 Å². The summed E-state index contributed by atoms with van der Waals surface area (Å²) < 4.78 is 35.5. The first-order valence-corrected chi connectivity index (χ1v) is 15.0. The van der Waals surface area contributed by atoms with Crippen LogP contribution >= 0.6 is 11.6 Å². The van der Waals surface area contributed by atoms with Crippen LogP contribution in [0, 0.1) is 6.92 Å². The van der Waals surface area contributed by atoms with Crippen molar-refractivity contribution in [3.05, 3.63) is 131 Å². The third kappa shape index (κ3) is 9.35. The first-order chi connectivity index (χ1) is 19.2. The minimum absolute atomic E-state index is 0.0666. The SMILES string of the molecule is CCN(CC)CCOc1ccc(/C(=C(\Cl)c2ccccc2)c2ccccc2)cc1.Cc1ccc(S(=O)(=O)O)cc1. The molecule has 0 atom stereocenters. The van der Waals surface area contributed by atoms with Crippen LogP contribution in [0.25, 0.3) is 10.6 Å². The number of ether oxygens (including phenoxy) is 1. The Balaban J connectivity index is 0.000000336. The van der Waals surface area contributed by atoms with E-state index in [1.165, 1.54) is 12.1 Å². The topological polar surface area (TPSA) is 66.8 Å². The first-order valence-electron chi connectivity index (χ1n) is 13.2. The van der Waals surface area contributed by atoms with Crippen LogP contribution in [-0.4, -0.2) is 44.1 Å². The molecule has 40 heavy (non-hydrogen) atoms.